The molecule has 0 heterocycles. The van der Waals surface area contributed by atoms with Gasteiger partial charge in [-0.15, -0.1) is 0 Å². The van der Waals surface area contributed by atoms with Crippen LogP contribution in [0.25, 0.3) is 0 Å². The van der Waals surface area contributed by atoms with Gasteiger partial charge in [-0.25, -0.2) is 24.0 Å². The number of carbonyl (C=O) groups excluding carboxylic acids is 13. The number of esters is 1. The molecule has 6 atom stereocenters. The summed E-state index contributed by atoms with van der Waals surface area (Å²) in [5.74, 6) is -9.22. The zero-order valence-electron chi connectivity index (χ0n) is 61.0. The lowest BCUT2D eigenvalue weighted by molar-refractivity contribution is -0.119. The topological polar surface area (TPSA) is 412 Å². The predicted octanol–water partition coefficient (Wildman–Crippen LogP) is 9.33. The first-order chi connectivity index (χ1) is 45.4. The second-order valence-electron chi connectivity index (χ2n) is 28.9. The van der Waals surface area contributed by atoms with Gasteiger partial charge in [-0.3, -0.25) is 38.4 Å². The van der Waals surface area contributed by atoms with Crippen LogP contribution >= 0.6 is 0 Å². The lowest BCUT2D eigenvalue weighted by Crippen LogP contribution is -2.49. The number of amides is 12. The quantitative estimate of drug-likeness (QED) is 0.0263. The highest BCUT2D eigenvalue weighted by atomic mass is 16.6. The first-order valence-corrected chi connectivity index (χ1v) is 32.5. The van der Waals surface area contributed by atoms with Crippen LogP contribution in [0, 0.1) is 23.7 Å². The van der Waals surface area contributed by atoms with Crippen molar-refractivity contribution >= 4 is 112 Å². The van der Waals surface area contributed by atoms with Gasteiger partial charge in [0, 0.05) is 45.3 Å². The Kier molecular flexibility index (Phi) is 29.8. The van der Waals surface area contributed by atoms with Crippen molar-refractivity contribution < 1.29 is 86.0 Å². The van der Waals surface area contributed by atoms with Crippen molar-refractivity contribution in [2.24, 2.45) is 23.7 Å². The Morgan fingerprint density at radius 3 is 0.697 bits per heavy atom. The molecule has 30 heteroatoms. The Bertz CT molecular complexity index is 3110. The Morgan fingerprint density at radius 1 is 0.303 bits per heavy atom. The maximum atomic E-state index is 14.2. The van der Waals surface area contributed by atoms with Crippen LogP contribution in [-0.4, -0.2) is 143 Å². The van der Waals surface area contributed by atoms with Crippen LogP contribution in [0.2, 0.25) is 0 Å². The number of ether oxygens (including phenoxy) is 5. The zero-order valence-corrected chi connectivity index (χ0v) is 61.0. The molecule has 3 aromatic rings. The number of carbonyl (C=O) groups is 13. The van der Waals surface area contributed by atoms with E-state index in [9.17, 15) is 62.3 Å². The number of anilines is 6. The lowest BCUT2D eigenvalue weighted by atomic mass is 10.0. The number of hydrogen-bond acceptors (Lipinski definition) is 18. The minimum Gasteiger partial charge on any atom is -0.462 e. The minimum atomic E-state index is -1.38. The van der Waals surface area contributed by atoms with Gasteiger partial charge in [-0.05, 0) is 182 Å². The van der Waals surface area contributed by atoms with Gasteiger partial charge in [0.15, 0.2) is 0 Å². The predicted molar refractivity (Wildman–Crippen MR) is 373 cm³/mol. The van der Waals surface area contributed by atoms with E-state index < -0.39 is 160 Å². The summed E-state index contributed by atoms with van der Waals surface area (Å²) in [6.45, 7) is 37.4. The molecule has 0 aliphatic heterocycles. The lowest BCUT2D eigenvalue weighted by Gasteiger charge is -2.26. The van der Waals surface area contributed by atoms with E-state index in [2.05, 4.69) is 63.8 Å². The maximum Gasteiger partial charge on any atom is 0.408 e. The van der Waals surface area contributed by atoms with Crippen molar-refractivity contribution in [1.29, 1.82) is 0 Å². The van der Waals surface area contributed by atoms with E-state index in [1.165, 1.54) is 68.4 Å². The Labute approximate surface area is 578 Å². The third-order valence-electron chi connectivity index (χ3n) is 13.4. The largest absolute Gasteiger partial charge is 0.462 e. The molecule has 0 aliphatic carbocycles. The molecule has 3 aromatic carbocycles. The highest BCUT2D eigenvalue weighted by Gasteiger charge is 2.33. The minimum absolute atomic E-state index is 0.0403. The molecule has 0 aliphatic rings. The van der Waals surface area contributed by atoms with Crippen molar-refractivity contribution in [3.05, 3.63) is 71.3 Å². The first-order valence-electron chi connectivity index (χ1n) is 32.5. The van der Waals surface area contributed by atoms with E-state index in [1.54, 1.807) is 145 Å². The molecule has 0 fully saturated rings. The third kappa shape index (κ3) is 29.3. The molecule has 0 bridgehead atoms. The average Bonchev–Trinajstić information content (AvgIpc) is 0.836. The van der Waals surface area contributed by atoms with Gasteiger partial charge in [-0.1, -0.05) is 55.4 Å². The molecule has 546 valence electrons. The molecule has 99 heavy (non-hydrogen) atoms. The summed E-state index contributed by atoms with van der Waals surface area (Å²) in [5.41, 5.74) is -4.45. The van der Waals surface area contributed by atoms with Gasteiger partial charge in [0.1, 0.15) is 58.7 Å². The Hall–Kier alpha value is -10.0. The molecule has 0 saturated carbocycles. The van der Waals surface area contributed by atoms with E-state index in [1.807, 2.05) is 0 Å². The molecule has 0 radical (unpaired) electrons. The molecule has 3 rings (SSSR count). The summed E-state index contributed by atoms with van der Waals surface area (Å²) in [6, 6.07) is 4.03. The van der Waals surface area contributed by atoms with E-state index in [0.29, 0.717) is 0 Å². The van der Waals surface area contributed by atoms with Crippen LogP contribution in [0.15, 0.2) is 54.6 Å². The van der Waals surface area contributed by atoms with Crippen molar-refractivity contribution in [3.63, 3.8) is 0 Å². The van der Waals surface area contributed by atoms with Gasteiger partial charge < -0.3 is 87.5 Å². The second-order valence-corrected chi connectivity index (χ2v) is 28.9. The van der Waals surface area contributed by atoms with Gasteiger partial charge in [0.2, 0.25) is 35.4 Å². The smallest absolute Gasteiger partial charge is 0.408 e. The molecule has 0 unspecified atom stereocenters. The molecule has 0 saturated heterocycles. The standard InChI is InChI=1S/C69H102N12O18/c1-24-95-61(90)42-29-47(72-53(82)38(10)70-55(84)40-25-43(74-57(86)49(34(2)3)78-62(91)96-66(12,13)14)31-44(26-40)75-58(87)50(35(4)5)79-63(92)97-67(15,16)17)33-48(30-42)73-54(83)39(11)71-56(85)41-27-45(76-59(88)51(36(6)7)80-64(93)98-68(18,19)20)32-46(28-41)77-60(89)52(37(8)9)81-65(94)99-69(21,22)23/h25-39,49-52H,24H2,1-23H3,(H,70,84)(H,71,85)(H,72,82)(H,73,83)(H,74,86)(H,75,87)(H,76,88)(H,77,89)(H,78,91)(H,79,92)(H,80,93)(H,81,94)/t38-,39-,49-,50-,51-,52-/m0/s1. The molecule has 0 aromatic heterocycles. The summed E-state index contributed by atoms with van der Waals surface area (Å²) in [5, 5.41) is 31.3. The number of rotatable bonds is 26. The van der Waals surface area contributed by atoms with Crippen molar-refractivity contribution in [2.45, 2.75) is 218 Å². The van der Waals surface area contributed by atoms with E-state index >= 15 is 0 Å². The summed E-state index contributed by atoms with van der Waals surface area (Å²) in [7, 11) is 0. The molecule has 0 spiro atoms. The highest BCUT2D eigenvalue weighted by Crippen LogP contribution is 2.26. The van der Waals surface area contributed by atoms with E-state index in [-0.39, 0.29) is 57.4 Å². The van der Waals surface area contributed by atoms with Crippen LogP contribution in [0.3, 0.4) is 0 Å². The van der Waals surface area contributed by atoms with Crippen LogP contribution < -0.4 is 63.8 Å². The summed E-state index contributed by atoms with van der Waals surface area (Å²) in [4.78, 5) is 177. The van der Waals surface area contributed by atoms with Crippen molar-refractivity contribution in [1.82, 2.24) is 31.9 Å². The van der Waals surface area contributed by atoms with Crippen molar-refractivity contribution in [2.75, 3.05) is 38.5 Å². The summed E-state index contributed by atoms with van der Waals surface area (Å²) >= 11 is 0. The van der Waals surface area contributed by atoms with E-state index in [0.717, 1.165) is 0 Å². The van der Waals surface area contributed by atoms with Crippen LogP contribution in [0.4, 0.5) is 53.3 Å². The Morgan fingerprint density at radius 2 is 0.505 bits per heavy atom. The average molecular weight is 1390 g/mol. The van der Waals surface area contributed by atoms with E-state index in [4.69, 9.17) is 23.7 Å². The fourth-order valence-corrected chi connectivity index (χ4v) is 8.86. The number of alkyl carbamates (subject to hydrolysis) is 4. The molecule has 30 nitrogen and oxygen atoms in total. The second kappa shape index (κ2) is 35.5. The Balaban J connectivity index is 2.02. The van der Waals surface area contributed by atoms with Crippen LogP contribution in [-0.2, 0) is 52.5 Å². The molecular weight excluding hydrogens is 1280 g/mol. The van der Waals surface area contributed by atoms with Gasteiger partial charge in [0.05, 0.1) is 12.2 Å². The first kappa shape index (κ1) is 83.2. The number of nitrogens with one attached hydrogen (secondary N) is 12. The molecule has 12 amide bonds. The normalized spacial score (nSPS) is 13.5. The van der Waals surface area contributed by atoms with Crippen LogP contribution in [0.1, 0.15) is 190 Å². The van der Waals surface area contributed by atoms with Gasteiger partial charge in [0.25, 0.3) is 11.8 Å². The van der Waals surface area contributed by atoms with Crippen LogP contribution in [0.5, 0.6) is 0 Å². The fraction of sp³-hybridized carbons (Fsp3) is 0.551. The zero-order chi connectivity index (χ0) is 75.6. The number of benzene rings is 3. The summed E-state index contributed by atoms with van der Waals surface area (Å²) < 4.78 is 26.8. The third-order valence-corrected chi connectivity index (χ3v) is 13.4. The fourth-order valence-electron chi connectivity index (χ4n) is 8.86. The monoisotopic (exact) mass is 1390 g/mol. The van der Waals surface area contributed by atoms with Gasteiger partial charge >= 0.3 is 30.3 Å². The molecular formula is C69H102N12O18. The van der Waals surface area contributed by atoms with Crippen molar-refractivity contribution in [3.8, 4) is 0 Å². The maximum absolute atomic E-state index is 14.2. The number of hydrogen-bond donors (Lipinski definition) is 12. The highest BCUT2D eigenvalue weighted by molar-refractivity contribution is 6.08. The SMILES string of the molecule is CCOC(=O)c1cc(NC(=O)[C@H](C)NC(=O)c2cc(NC(=O)[C@@H](NC(=O)OC(C)(C)C)C(C)C)cc(NC(=O)[C@@H](NC(=O)OC(C)(C)C)C(C)C)c2)cc(NC(=O)[C@H](C)NC(=O)c2cc(NC(=O)[C@@H](NC(=O)OC(C)(C)C)C(C)C)cc(NC(=O)[C@@H](NC(=O)OC(C)(C)C)C(C)C)c2)c1. The molecule has 12 N–H and O–H groups in total. The van der Waals surface area contributed by atoms with Gasteiger partial charge in [-0.2, -0.15) is 0 Å². The summed E-state index contributed by atoms with van der Waals surface area (Å²) in [6.07, 6.45) is -3.49.